The molecule has 2 rings (SSSR count). The Labute approximate surface area is 164 Å². The van der Waals surface area contributed by atoms with Gasteiger partial charge < -0.3 is 9.16 Å². The Morgan fingerprint density at radius 1 is 0.852 bits per heavy atom. The summed E-state index contributed by atoms with van der Waals surface area (Å²) in [7, 11) is -0.991. The van der Waals surface area contributed by atoms with Crippen LogP contribution in [0.1, 0.15) is 46.5 Å². The molecule has 0 heterocycles. The minimum absolute atomic E-state index is 0.00171. The summed E-state index contributed by atoms with van der Waals surface area (Å²) in [6, 6.07) is 21.4. The molecule has 0 saturated heterocycles. The Hall–Kier alpha value is -1.91. The summed E-state index contributed by atoms with van der Waals surface area (Å²) in [6.45, 7) is 7.57. The molecule has 0 N–H and O–H groups in total. The molecule has 0 spiro atoms. The van der Waals surface area contributed by atoms with E-state index in [1.54, 1.807) is 0 Å². The maximum absolute atomic E-state index is 11.3. The molecule has 0 aromatic heterocycles. The molecule has 0 fully saturated rings. The molecule has 27 heavy (non-hydrogen) atoms. The predicted octanol–water partition coefficient (Wildman–Crippen LogP) is 4.30. The van der Waals surface area contributed by atoms with Gasteiger partial charge in [-0.2, -0.15) is 0 Å². The highest BCUT2D eigenvalue weighted by Gasteiger charge is 2.49. The number of benzene rings is 2. The Bertz CT molecular complexity index is 653. The molecular weight excluding hydrogens is 352 g/mol. The first-order chi connectivity index (χ1) is 12.9. The zero-order valence-electron chi connectivity index (χ0n) is 17.0. The first-order valence-corrected chi connectivity index (χ1v) is 11.6. The fraction of sp³-hybridized carbons (Fsp3) is 0.435. The highest BCUT2D eigenvalue weighted by molar-refractivity contribution is 6.99. The van der Waals surface area contributed by atoms with Crippen molar-refractivity contribution < 1.29 is 14.0 Å². The monoisotopic (exact) mass is 384 g/mol. The number of ether oxygens (including phenoxy) is 1. The molecule has 2 aromatic carbocycles. The van der Waals surface area contributed by atoms with Crippen LogP contribution in [-0.2, 0) is 14.0 Å². The maximum Gasteiger partial charge on any atom is 0.305 e. The van der Waals surface area contributed by atoms with Crippen molar-refractivity contribution in [3.8, 4) is 0 Å². The summed E-state index contributed by atoms with van der Waals surface area (Å²) in [6.07, 6.45) is 3.24. The lowest BCUT2D eigenvalue weighted by atomic mass is 10.2. The normalized spacial score (nSPS) is 12.0. The fourth-order valence-corrected chi connectivity index (χ4v) is 8.24. The molecule has 0 unspecified atom stereocenters. The molecule has 0 radical (unpaired) electrons. The van der Waals surface area contributed by atoms with Crippen LogP contribution in [0.25, 0.3) is 0 Å². The molecule has 0 saturated carbocycles. The van der Waals surface area contributed by atoms with Crippen LogP contribution in [0.5, 0.6) is 0 Å². The van der Waals surface area contributed by atoms with Gasteiger partial charge in [0.15, 0.2) is 0 Å². The van der Waals surface area contributed by atoms with Gasteiger partial charge in [0.2, 0.25) is 0 Å². The Morgan fingerprint density at radius 2 is 1.37 bits per heavy atom. The topological polar surface area (TPSA) is 35.5 Å². The zero-order valence-corrected chi connectivity index (χ0v) is 18.0. The average molecular weight is 385 g/mol. The lowest BCUT2D eigenvalue weighted by Gasteiger charge is -2.43. The van der Waals surface area contributed by atoms with E-state index in [-0.39, 0.29) is 11.0 Å². The van der Waals surface area contributed by atoms with Crippen molar-refractivity contribution in [3.05, 3.63) is 60.7 Å². The van der Waals surface area contributed by atoms with Crippen LogP contribution < -0.4 is 10.4 Å². The number of hydrogen-bond acceptors (Lipinski definition) is 3. The van der Waals surface area contributed by atoms with E-state index in [1.807, 2.05) is 0 Å². The van der Waals surface area contributed by atoms with E-state index in [9.17, 15) is 4.79 Å². The van der Waals surface area contributed by atoms with E-state index < -0.39 is 8.32 Å². The first-order valence-electron chi connectivity index (χ1n) is 9.73. The standard InChI is InChI=1S/C23H32O3Si/c1-23(2,3)27(20-14-8-5-9-15-20,21-16-10-6-11-17-21)26-19-13-7-12-18-22(24)25-4/h5-6,8-11,14-17H,7,12-13,18-19H2,1-4H3. The second-order valence-electron chi connectivity index (χ2n) is 7.90. The molecule has 4 heteroatoms. The lowest BCUT2D eigenvalue weighted by molar-refractivity contribution is -0.140. The van der Waals surface area contributed by atoms with E-state index in [2.05, 4.69) is 81.4 Å². The minimum Gasteiger partial charge on any atom is -0.469 e. The molecule has 0 aliphatic heterocycles. The van der Waals surface area contributed by atoms with E-state index in [0.29, 0.717) is 13.0 Å². The molecule has 2 aromatic rings. The van der Waals surface area contributed by atoms with Crippen LogP contribution >= 0.6 is 0 Å². The van der Waals surface area contributed by atoms with Crippen molar-refractivity contribution >= 4 is 24.7 Å². The van der Waals surface area contributed by atoms with Crippen LogP contribution in [0.3, 0.4) is 0 Å². The molecule has 0 aliphatic carbocycles. The SMILES string of the molecule is COC(=O)CCCCCO[Si](c1ccccc1)(c1ccccc1)C(C)(C)C. The van der Waals surface area contributed by atoms with Crippen molar-refractivity contribution in [2.75, 3.05) is 13.7 Å². The smallest absolute Gasteiger partial charge is 0.305 e. The molecule has 0 bridgehead atoms. The first kappa shape index (κ1) is 21.4. The van der Waals surface area contributed by atoms with Crippen LogP contribution in [0.2, 0.25) is 5.04 Å². The fourth-order valence-electron chi connectivity index (χ4n) is 3.64. The highest BCUT2D eigenvalue weighted by Crippen LogP contribution is 2.36. The van der Waals surface area contributed by atoms with Crippen LogP contribution in [0, 0.1) is 0 Å². The molecular formula is C23H32O3Si. The van der Waals surface area contributed by atoms with Gasteiger partial charge in [0.05, 0.1) is 7.11 Å². The number of hydrogen-bond donors (Lipinski definition) is 0. The van der Waals surface area contributed by atoms with Crippen LogP contribution in [-0.4, -0.2) is 28.0 Å². The molecule has 0 amide bonds. The average Bonchev–Trinajstić information content (AvgIpc) is 2.67. The van der Waals surface area contributed by atoms with Gasteiger partial charge in [0.25, 0.3) is 8.32 Å². The zero-order chi connectivity index (χ0) is 19.8. The van der Waals surface area contributed by atoms with Gasteiger partial charge in [0, 0.05) is 13.0 Å². The predicted molar refractivity (Wildman–Crippen MR) is 114 cm³/mol. The summed E-state index contributed by atoms with van der Waals surface area (Å²) < 4.78 is 11.5. The maximum atomic E-state index is 11.3. The Kier molecular flexibility index (Phi) is 7.81. The van der Waals surface area contributed by atoms with Gasteiger partial charge in [-0.1, -0.05) is 87.9 Å². The van der Waals surface area contributed by atoms with Crippen molar-refractivity contribution in [2.45, 2.75) is 51.5 Å². The van der Waals surface area contributed by atoms with Crippen molar-refractivity contribution in [1.82, 2.24) is 0 Å². The van der Waals surface area contributed by atoms with Crippen LogP contribution in [0.4, 0.5) is 0 Å². The number of esters is 1. The molecule has 0 aliphatic rings. The van der Waals surface area contributed by atoms with E-state index in [4.69, 9.17) is 9.16 Å². The van der Waals surface area contributed by atoms with Crippen molar-refractivity contribution in [3.63, 3.8) is 0 Å². The van der Waals surface area contributed by atoms with Gasteiger partial charge in [0.1, 0.15) is 0 Å². The molecule has 146 valence electrons. The Morgan fingerprint density at radius 3 is 1.81 bits per heavy atom. The summed E-state index contributed by atoms with van der Waals surface area (Å²) in [4.78, 5) is 11.3. The highest BCUT2D eigenvalue weighted by atomic mass is 28.4. The third-order valence-electron chi connectivity index (χ3n) is 4.99. The second-order valence-corrected chi connectivity index (χ2v) is 12.2. The van der Waals surface area contributed by atoms with Crippen molar-refractivity contribution in [2.24, 2.45) is 0 Å². The quantitative estimate of drug-likeness (QED) is 0.367. The lowest BCUT2D eigenvalue weighted by Crippen LogP contribution is -2.66. The van der Waals surface area contributed by atoms with Gasteiger partial charge in [-0.05, 0) is 28.3 Å². The number of rotatable bonds is 9. The van der Waals surface area contributed by atoms with E-state index in [0.717, 1.165) is 19.3 Å². The largest absolute Gasteiger partial charge is 0.469 e. The number of unbranched alkanes of at least 4 members (excludes halogenated alkanes) is 2. The Balaban J connectivity index is 2.21. The number of methoxy groups -OCH3 is 1. The minimum atomic E-state index is -2.43. The summed E-state index contributed by atoms with van der Waals surface area (Å²) in [5.74, 6) is -0.136. The van der Waals surface area contributed by atoms with E-state index >= 15 is 0 Å². The number of carbonyl (C=O) groups is 1. The molecule has 3 nitrogen and oxygen atoms in total. The third kappa shape index (κ3) is 5.30. The van der Waals surface area contributed by atoms with Gasteiger partial charge in [-0.25, -0.2) is 0 Å². The second kappa shape index (κ2) is 9.86. The third-order valence-corrected chi connectivity index (χ3v) is 10.0. The summed E-state index contributed by atoms with van der Waals surface area (Å²) in [5.41, 5.74) is 0. The van der Waals surface area contributed by atoms with Gasteiger partial charge in [-0.15, -0.1) is 0 Å². The summed E-state index contributed by atoms with van der Waals surface area (Å²) in [5, 5.41) is 2.61. The molecule has 0 atom stereocenters. The van der Waals surface area contributed by atoms with Crippen molar-refractivity contribution in [1.29, 1.82) is 0 Å². The number of carbonyl (C=O) groups excluding carboxylic acids is 1. The van der Waals surface area contributed by atoms with E-state index in [1.165, 1.54) is 17.5 Å². The summed E-state index contributed by atoms with van der Waals surface area (Å²) >= 11 is 0. The van der Waals surface area contributed by atoms with Crippen LogP contribution in [0.15, 0.2) is 60.7 Å². The van der Waals surface area contributed by atoms with Gasteiger partial charge in [-0.3, -0.25) is 4.79 Å². The van der Waals surface area contributed by atoms with Gasteiger partial charge >= 0.3 is 5.97 Å².